The number of hydrogen-bond donors (Lipinski definition) is 1. The molecule has 0 saturated carbocycles. The molecule has 0 atom stereocenters. The molecule has 132 valence electrons. The van der Waals surface area contributed by atoms with Gasteiger partial charge in [-0.1, -0.05) is 0 Å². The summed E-state index contributed by atoms with van der Waals surface area (Å²) in [6.45, 7) is 4.26. The summed E-state index contributed by atoms with van der Waals surface area (Å²) in [7, 11) is 0. The van der Waals surface area contributed by atoms with Gasteiger partial charge in [0.15, 0.2) is 5.69 Å². The van der Waals surface area contributed by atoms with Crippen LogP contribution in [0.25, 0.3) is 11.3 Å². The number of H-pyrrole nitrogens is 1. The minimum Gasteiger partial charge on any atom is -0.461 e. The first kappa shape index (κ1) is 16.8. The first-order chi connectivity index (χ1) is 12.1. The number of morpholine rings is 1. The Kier molecular flexibility index (Phi) is 4.89. The molecule has 2 heterocycles. The number of nitro benzene ring substituents is 1. The molecule has 0 aliphatic carbocycles. The van der Waals surface area contributed by atoms with E-state index in [1.54, 1.807) is 13.0 Å². The van der Waals surface area contributed by atoms with Gasteiger partial charge in [0.2, 0.25) is 0 Å². The molecule has 1 N–H and O–H groups in total. The molecule has 1 aliphatic rings. The molecule has 3 rings (SSSR count). The lowest BCUT2D eigenvalue weighted by Gasteiger charge is -2.30. The van der Waals surface area contributed by atoms with Crippen LogP contribution in [0.2, 0.25) is 0 Å². The van der Waals surface area contributed by atoms with Crippen molar-refractivity contribution in [3.05, 3.63) is 34.0 Å². The van der Waals surface area contributed by atoms with E-state index in [9.17, 15) is 14.9 Å². The van der Waals surface area contributed by atoms with Gasteiger partial charge in [0.05, 0.1) is 24.7 Å². The molecule has 2 aromatic rings. The molecule has 1 aromatic heterocycles. The number of benzene rings is 1. The van der Waals surface area contributed by atoms with Gasteiger partial charge in [0.1, 0.15) is 5.69 Å². The van der Waals surface area contributed by atoms with Crippen molar-refractivity contribution in [1.29, 1.82) is 0 Å². The van der Waals surface area contributed by atoms with Crippen LogP contribution in [0.15, 0.2) is 18.2 Å². The van der Waals surface area contributed by atoms with Gasteiger partial charge in [-0.05, 0) is 13.0 Å². The number of aromatic amines is 1. The normalized spacial score (nSPS) is 14.4. The number of hydrogen-bond acceptors (Lipinski definition) is 8. The summed E-state index contributed by atoms with van der Waals surface area (Å²) < 4.78 is 10.3. The molecule has 10 nitrogen and oxygen atoms in total. The second-order valence-electron chi connectivity index (χ2n) is 5.30. The zero-order valence-electron chi connectivity index (χ0n) is 13.6. The molecule has 1 saturated heterocycles. The molecule has 1 fully saturated rings. The number of esters is 1. The third kappa shape index (κ3) is 3.43. The van der Waals surface area contributed by atoms with E-state index in [4.69, 9.17) is 9.47 Å². The smallest absolute Gasteiger partial charge is 0.361 e. The third-order valence-corrected chi connectivity index (χ3v) is 3.81. The fraction of sp³-hybridized carbons (Fsp3) is 0.400. The van der Waals surface area contributed by atoms with Crippen molar-refractivity contribution in [3.8, 4) is 11.3 Å². The van der Waals surface area contributed by atoms with Crippen LogP contribution in [0.3, 0.4) is 0 Å². The van der Waals surface area contributed by atoms with E-state index in [1.165, 1.54) is 12.1 Å². The number of rotatable bonds is 5. The average molecular weight is 347 g/mol. The fourth-order valence-electron chi connectivity index (χ4n) is 2.67. The van der Waals surface area contributed by atoms with Crippen LogP contribution in [0.4, 0.5) is 11.4 Å². The van der Waals surface area contributed by atoms with E-state index in [-0.39, 0.29) is 23.7 Å². The van der Waals surface area contributed by atoms with Crippen LogP contribution in [-0.4, -0.2) is 59.2 Å². The minimum absolute atomic E-state index is 0.00291. The van der Waals surface area contributed by atoms with Crippen LogP contribution in [0.1, 0.15) is 17.4 Å². The maximum absolute atomic E-state index is 12.1. The minimum atomic E-state index is -0.634. The SMILES string of the molecule is CCOC(=O)c1n[nH]nc1-c1cc([N+](=O)[O-])ccc1N1CCOCC1. The van der Waals surface area contributed by atoms with Crippen LogP contribution in [0.5, 0.6) is 0 Å². The highest BCUT2D eigenvalue weighted by atomic mass is 16.6. The molecule has 0 spiro atoms. The van der Waals surface area contributed by atoms with Gasteiger partial charge in [-0.2, -0.15) is 10.3 Å². The number of nitro groups is 1. The Hall–Kier alpha value is -3.01. The fourth-order valence-corrected chi connectivity index (χ4v) is 2.67. The number of carbonyl (C=O) groups excluding carboxylic acids is 1. The van der Waals surface area contributed by atoms with Crippen LogP contribution < -0.4 is 4.90 Å². The highest BCUT2D eigenvalue weighted by Crippen LogP contribution is 2.35. The van der Waals surface area contributed by atoms with Crippen molar-refractivity contribution in [2.75, 3.05) is 37.8 Å². The highest BCUT2D eigenvalue weighted by molar-refractivity contribution is 5.96. The molecule has 0 unspecified atom stereocenters. The summed E-state index contributed by atoms with van der Waals surface area (Å²) in [5.41, 5.74) is 1.31. The Morgan fingerprint density at radius 1 is 1.40 bits per heavy atom. The number of non-ortho nitro benzene ring substituents is 1. The van der Waals surface area contributed by atoms with Gasteiger partial charge in [-0.3, -0.25) is 10.1 Å². The lowest BCUT2D eigenvalue weighted by molar-refractivity contribution is -0.384. The van der Waals surface area contributed by atoms with E-state index < -0.39 is 10.9 Å². The van der Waals surface area contributed by atoms with E-state index >= 15 is 0 Å². The lowest BCUT2D eigenvalue weighted by Crippen LogP contribution is -2.36. The standard InChI is InChI=1S/C15H17N5O5/c1-2-25-15(21)14-13(16-18-17-14)11-9-10(20(22)23)3-4-12(11)19-5-7-24-8-6-19/h3-4,9H,2,5-8H2,1H3,(H,16,17,18). The predicted molar refractivity (Wildman–Crippen MR) is 87.5 cm³/mol. The number of anilines is 1. The van der Waals surface area contributed by atoms with E-state index in [1.807, 2.05) is 4.90 Å². The summed E-state index contributed by atoms with van der Waals surface area (Å²) in [6.07, 6.45) is 0. The summed E-state index contributed by atoms with van der Waals surface area (Å²) in [6, 6.07) is 4.48. The average Bonchev–Trinajstić information content (AvgIpc) is 3.12. The molecule has 0 bridgehead atoms. The zero-order chi connectivity index (χ0) is 17.8. The highest BCUT2D eigenvalue weighted by Gasteiger charge is 2.25. The summed E-state index contributed by atoms with van der Waals surface area (Å²) in [5.74, 6) is -0.634. The van der Waals surface area contributed by atoms with Gasteiger partial charge >= 0.3 is 5.97 Å². The monoisotopic (exact) mass is 347 g/mol. The summed E-state index contributed by atoms with van der Waals surface area (Å²) in [5, 5.41) is 21.4. The molecular formula is C15H17N5O5. The van der Waals surface area contributed by atoms with Crippen molar-refractivity contribution in [1.82, 2.24) is 15.4 Å². The molecule has 10 heteroatoms. The number of ether oxygens (including phenoxy) is 2. The van der Waals surface area contributed by atoms with Gasteiger partial charge in [-0.25, -0.2) is 4.79 Å². The Morgan fingerprint density at radius 2 is 2.16 bits per heavy atom. The number of nitrogens with zero attached hydrogens (tertiary/aromatic N) is 4. The summed E-state index contributed by atoms with van der Waals surface area (Å²) in [4.78, 5) is 24.8. The van der Waals surface area contributed by atoms with Crippen molar-refractivity contribution >= 4 is 17.3 Å². The predicted octanol–water partition coefficient (Wildman–Crippen LogP) is 1.39. The molecule has 0 radical (unpaired) electrons. The van der Waals surface area contributed by atoms with Gasteiger partial charge in [0, 0.05) is 36.5 Å². The van der Waals surface area contributed by atoms with E-state index in [0.29, 0.717) is 31.9 Å². The Balaban J connectivity index is 2.09. The maximum atomic E-state index is 12.1. The van der Waals surface area contributed by atoms with E-state index in [0.717, 1.165) is 5.69 Å². The maximum Gasteiger partial charge on any atom is 0.361 e. The largest absolute Gasteiger partial charge is 0.461 e. The summed E-state index contributed by atoms with van der Waals surface area (Å²) >= 11 is 0. The van der Waals surface area contributed by atoms with Crippen molar-refractivity contribution < 1.29 is 19.2 Å². The van der Waals surface area contributed by atoms with Crippen LogP contribution in [0, 0.1) is 10.1 Å². The lowest BCUT2D eigenvalue weighted by atomic mass is 10.1. The number of nitrogens with one attached hydrogen (secondary N) is 1. The van der Waals surface area contributed by atoms with E-state index in [2.05, 4.69) is 15.4 Å². The Bertz CT molecular complexity index is 784. The van der Waals surface area contributed by atoms with Gasteiger partial charge in [-0.15, -0.1) is 5.10 Å². The third-order valence-electron chi connectivity index (χ3n) is 3.81. The Labute approximate surface area is 142 Å². The van der Waals surface area contributed by atoms with Crippen molar-refractivity contribution in [3.63, 3.8) is 0 Å². The van der Waals surface area contributed by atoms with Crippen molar-refractivity contribution in [2.45, 2.75) is 6.92 Å². The second kappa shape index (κ2) is 7.26. The molecule has 1 aromatic carbocycles. The Morgan fingerprint density at radius 3 is 2.84 bits per heavy atom. The first-order valence-electron chi connectivity index (χ1n) is 7.81. The quantitative estimate of drug-likeness (QED) is 0.489. The zero-order valence-corrected chi connectivity index (χ0v) is 13.6. The topological polar surface area (TPSA) is 123 Å². The van der Waals surface area contributed by atoms with Crippen LogP contribution >= 0.6 is 0 Å². The number of carbonyl (C=O) groups is 1. The second-order valence-corrected chi connectivity index (χ2v) is 5.30. The van der Waals surface area contributed by atoms with Gasteiger partial charge in [0.25, 0.3) is 5.69 Å². The number of aromatic nitrogens is 3. The van der Waals surface area contributed by atoms with Crippen molar-refractivity contribution in [2.24, 2.45) is 0 Å². The molecule has 25 heavy (non-hydrogen) atoms. The molecule has 0 amide bonds. The molecular weight excluding hydrogens is 330 g/mol. The molecule has 1 aliphatic heterocycles. The first-order valence-corrected chi connectivity index (χ1v) is 7.81. The van der Waals surface area contributed by atoms with Crippen LogP contribution in [-0.2, 0) is 9.47 Å². The van der Waals surface area contributed by atoms with Gasteiger partial charge < -0.3 is 14.4 Å².